The first kappa shape index (κ1) is 14.5. The molecule has 0 saturated carbocycles. The Balaban J connectivity index is 2.45. The molecule has 0 radical (unpaired) electrons. The lowest BCUT2D eigenvalue weighted by Gasteiger charge is -2.15. The molecule has 0 aliphatic heterocycles. The molecule has 1 heterocycles. The van der Waals surface area contributed by atoms with Gasteiger partial charge in [0.1, 0.15) is 5.01 Å². The van der Waals surface area contributed by atoms with E-state index in [-0.39, 0.29) is 11.9 Å². The Morgan fingerprint density at radius 2 is 2.41 bits per heavy atom. The van der Waals surface area contributed by atoms with Crippen LogP contribution in [0, 0.1) is 6.92 Å². The first-order valence-electron chi connectivity index (χ1n) is 5.51. The van der Waals surface area contributed by atoms with Gasteiger partial charge in [0.05, 0.1) is 12.1 Å². The van der Waals surface area contributed by atoms with Crippen LogP contribution in [0.2, 0.25) is 0 Å². The SMILES string of the molecule is CSCC[C@@H](N)C(=O)NC(C)c1ncc(C)s1. The molecule has 0 spiro atoms. The number of amides is 1. The van der Waals surface area contributed by atoms with Crippen molar-refractivity contribution in [3.63, 3.8) is 0 Å². The summed E-state index contributed by atoms with van der Waals surface area (Å²) in [6, 6.07) is -0.493. The summed E-state index contributed by atoms with van der Waals surface area (Å²) in [5.41, 5.74) is 5.79. The zero-order chi connectivity index (χ0) is 12.8. The van der Waals surface area contributed by atoms with Gasteiger partial charge in [0, 0.05) is 11.1 Å². The molecule has 0 saturated heterocycles. The molecule has 4 nitrogen and oxygen atoms in total. The van der Waals surface area contributed by atoms with Gasteiger partial charge in [-0.3, -0.25) is 4.79 Å². The van der Waals surface area contributed by atoms with Crippen LogP contribution in [0.1, 0.15) is 29.3 Å². The van der Waals surface area contributed by atoms with E-state index in [2.05, 4.69) is 10.3 Å². The summed E-state index contributed by atoms with van der Waals surface area (Å²) in [6.45, 7) is 3.93. The van der Waals surface area contributed by atoms with Crippen LogP contribution >= 0.6 is 23.1 Å². The summed E-state index contributed by atoms with van der Waals surface area (Å²) in [5.74, 6) is 0.804. The molecule has 0 aliphatic carbocycles. The van der Waals surface area contributed by atoms with Crippen molar-refractivity contribution in [2.24, 2.45) is 5.73 Å². The lowest BCUT2D eigenvalue weighted by atomic mass is 10.2. The fourth-order valence-corrected chi connectivity index (χ4v) is 2.60. The molecule has 0 bridgehead atoms. The Kier molecular flexibility index (Phi) is 5.94. The predicted molar refractivity (Wildman–Crippen MR) is 74.4 cm³/mol. The molecule has 17 heavy (non-hydrogen) atoms. The molecule has 1 unspecified atom stereocenters. The number of hydrogen-bond acceptors (Lipinski definition) is 5. The summed E-state index contributed by atoms with van der Waals surface area (Å²) in [4.78, 5) is 17.2. The normalized spacial score (nSPS) is 14.4. The minimum absolute atomic E-state index is 0.0680. The molecule has 1 amide bonds. The number of aryl methyl sites for hydroxylation is 1. The number of hydrogen-bond donors (Lipinski definition) is 2. The van der Waals surface area contributed by atoms with Crippen LogP contribution in [-0.4, -0.2) is 28.9 Å². The molecule has 1 rings (SSSR count). The number of rotatable bonds is 6. The second-order valence-electron chi connectivity index (χ2n) is 3.93. The van der Waals surface area contributed by atoms with Gasteiger partial charge in [-0.05, 0) is 32.3 Å². The monoisotopic (exact) mass is 273 g/mol. The highest BCUT2D eigenvalue weighted by molar-refractivity contribution is 7.98. The van der Waals surface area contributed by atoms with E-state index in [9.17, 15) is 4.79 Å². The standard InChI is InChI=1S/C11H19N3OS2/c1-7-6-13-11(17-7)8(2)14-10(15)9(12)4-5-16-3/h6,8-9H,4-5,12H2,1-3H3,(H,14,15)/t8?,9-/m1/s1. The Hall–Kier alpha value is -0.590. The van der Waals surface area contributed by atoms with Crippen molar-refractivity contribution in [3.8, 4) is 0 Å². The van der Waals surface area contributed by atoms with Gasteiger partial charge >= 0.3 is 0 Å². The van der Waals surface area contributed by atoms with Gasteiger partial charge in [0.2, 0.25) is 5.91 Å². The Morgan fingerprint density at radius 1 is 1.71 bits per heavy atom. The van der Waals surface area contributed by atoms with Crippen molar-refractivity contribution in [1.29, 1.82) is 0 Å². The number of carbonyl (C=O) groups excluding carboxylic acids is 1. The minimum atomic E-state index is -0.425. The van der Waals surface area contributed by atoms with Crippen molar-refractivity contribution >= 4 is 29.0 Å². The fourth-order valence-electron chi connectivity index (χ4n) is 1.33. The summed E-state index contributed by atoms with van der Waals surface area (Å²) in [7, 11) is 0. The third kappa shape index (κ3) is 4.65. The lowest BCUT2D eigenvalue weighted by Crippen LogP contribution is -2.41. The second kappa shape index (κ2) is 6.98. The van der Waals surface area contributed by atoms with Gasteiger partial charge in [-0.2, -0.15) is 11.8 Å². The molecule has 1 aromatic rings. The minimum Gasteiger partial charge on any atom is -0.346 e. The second-order valence-corrected chi connectivity index (χ2v) is 6.18. The third-order valence-corrected chi connectivity index (χ3v) is 4.08. The summed E-state index contributed by atoms with van der Waals surface area (Å²) in [6.07, 6.45) is 4.53. The van der Waals surface area contributed by atoms with E-state index in [1.165, 1.54) is 0 Å². The molecule has 6 heteroatoms. The molecule has 0 aliphatic rings. The maximum atomic E-state index is 11.8. The Bertz CT molecular complexity index is 367. The molecular formula is C11H19N3OS2. The number of nitrogens with zero attached hydrogens (tertiary/aromatic N) is 1. The van der Waals surface area contributed by atoms with Crippen molar-refractivity contribution in [1.82, 2.24) is 10.3 Å². The van der Waals surface area contributed by atoms with Crippen LogP contribution in [0.4, 0.5) is 0 Å². The van der Waals surface area contributed by atoms with Crippen molar-refractivity contribution in [2.45, 2.75) is 32.4 Å². The van der Waals surface area contributed by atoms with Crippen LogP contribution in [0.5, 0.6) is 0 Å². The number of thioether (sulfide) groups is 1. The largest absolute Gasteiger partial charge is 0.346 e. The van der Waals surface area contributed by atoms with Crippen LogP contribution in [-0.2, 0) is 4.79 Å². The maximum absolute atomic E-state index is 11.8. The highest BCUT2D eigenvalue weighted by Gasteiger charge is 2.17. The quantitative estimate of drug-likeness (QED) is 0.828. The van der Waals surface area contributed by atoms with Crippen molar-refractivity contribution < 1.29 is 4.79 Å². The van der Waals surface area contributed by atoms with Crippen LogP contribution in [0.25, 0.3) is 0 Å². The smallest absolute Gasteiger partial charge is 0.237 e. The molecule has 1 aromatic heterocycles. The van der Waals surface area contributed by atoms with Crippen molar-refractivity contribution in [2.75, 3.05) is 12.0 Å². The van der Waals surface area contributed by atoms with E-state index >= 15 is 0 Å². The summed E-state index contributed by atoms with van der Waals surface area (Å²) in [5, 5.41) is 3.82. The molecule has 0 aromatic carbocycles. The Morgan fingerprint density at radius 3 is 2.94 bits per heavy atom. The van der Waals surface area contributed by atoms with Gasteiger partial charge in [0.15, 0.2) is 0 Å². The number of nitrogens with two attached hydrogens (primary N) is 1. The zero-order valence-corrected chi connectivity index (χ0v) is 12.0. The van der Waals surface area contributed by atoms with Crippen LogP contribution in [0.3, 0.4) is 0 Å². The number of carbonyl (C=O) groups is 1. The van der Waals surface area contributed by atoms with Gasteiger partial charge in [-0.15, -0.1) is 11.3 Å². The third-order valence-electron chi connectivity index (χ3n) is 2.34. The predicted octanol–water partition coefficient (Wildman–Crippen LogP) is 1.71. The average Bonchev–Trinajstić information content (AvgIpc) is 2.72. The van der Waals surface area contributed by atoms with E-state index in [0.29, 0.717) is 6.42 Å². The lowest BCUT2D eigenvalue weighted by molar-refractivity contribution is -0.123. The fraction of sp³-hybridized carbons (Fsp3) is 0.636. The van der Waals surface area contributed by atoms with Crippen LogP contribution < -0.4 is 11.1 Å². The first-order valence-corrected chi connectivity index (χ1v) is 7.73. The molecule has 2 atom stereocenters. The van der Waals surface area contributed by atoms with E-state index in [0.717, 1.165) is 15.6 Å². The van der Waals surface area contributed by atoms with E-state index in [1.54, 1.807) is 23.1 Å². The summed E-state index contributed by atoms with van der Waals surface area (Å²) >= 11 is 3.29. The first-order chi connectivity index (χ1) is 8.04. The maximum Gasteiger partial charge on any atom is 0.237 e. The molecular weight excluding hydrogens is 254 g/mol. The van der Waals surface area contributed by atoms with E-state index in [4.69, 9.17) is 5.73 Å². The van der Waals surface area contributed by atoms with E-state index < -0.39 is 6.04 Å². The molecule has 0 fully saturated rings. The van der Waals surface area contributed by atoms with Crippen molar-refractivity contribution in [3.05, 3.63) is 16.1 Å². The number of nitrogens with one attached hydrogen (secondary N) is 1. The van der Waals surface area contributed by atoms with Gasteiger partial charge in [0.25, 0.3) is 0 Å². The summed E-state index contributed by atoms with van der Waals surface area (Å²) < 4.78 is 0. The Labute approximate surface area is 110 Å². The topological polar surface area (TPSA) is 68.0 Å². The molecule has 96 valence electrons. The average molecular weight is 273 g/mol. The number of aromatic nitrogens is 1. The van der Waals surface area contributed by atoms with Gasteiger partial charge in [-0.25, -0.2) is 4.98 Å². The van der Waals surface area contributed by atoms with Gasteiger partial charge in [-0.1, -0.05) is 0 Å². The highest BCUT2D eigenvalue weighted by atomic mass is 32.2. The zero-order valence-electron chi connectivity index (χ0n) is 10.4. The van der Waals surface area contributed by atoms with Gasteiger partial charge < -0.3 is 11.1 Å². The highest BCUT2D eigenvalue weighted by Crippen LogP contribution is 2.18. The molecule has 3 N–H and O–H groups in total. The van der Waals surface area contributed by atoms with Crippen LogP contribution in [0.15, 0.2) is 6.20 Å². The van der Waals surface area contributed by atoms with E-state index in [1.807, 2.05) is 26.3 Å². The number of thiazole rings is 1.